The van der Waals surface area contributed by atoms with E-state index in [9.17, 15) is 4.79 Å². The third kappa shape index (κ3) is 0.452. The van der Waals surface area contributed by atoms with Gasteiger partial charge in [0.1, 0.15) is 0 Å². The Kier molecular flexibility index (Phi) is 1.58. The second kappa shape index (κ2) is 2.74. The third-order valence-corrected chi connectivity index (χ3v) is 63.2. The number of rotatable bonds is 17. The molecule has 4 atom stereocenters. The molecule has 0 bridgehead atoms. The van der Waals surface area contributed by atoms with Crippen LogP contribution in [0.5, 0.6) is 0 Å². The number of fused-ring (bicyclic) bond motifs is 10. The molecule has 0 radical (unpaired) electrons. The fourth-order valence-corrected chi connectivity index (χ4v) is 96.2. The van der Waals surface area contributed by atoms with Crippen LogP contribution in [0.25, 0.3) is 0 Å². The molecule has 10 rings (SSSR count). The molecule has 0 amide bonds. The fourth-order valence-electron chi connectivity index (χ4n) is 20.2. The summed E-state index contributed by atoms with van der Waals surface area (Å²) in [5.41, 5.74) is 0. The number of thioether (sulfide) groups is 1. The molecule has 10 heterocycles. The van der Waals surface area contributed by atoms with E-state index < -0.39 is 6.51 Å². The van der Waals surface area contributed by atoms with Gasteiger partial charge in [-0.15, -0.1) is 0 Å². The number of hydrogen-bond acceptors (Lipinski definition) is 2. The summed E-state index contributed by atoms with van der Waals surface area (Å²) in [4.78, 5) is 24.8. The van der Waals surface area contributed by atoms with Gasteiger partial charge in [-0.1, -0.05) is 31.0 Å². The molecule has 0 aromatic carbocycles. The van der Waals surface area contributed by atoms with Crippen LogP contribution in [0.1, 0.15) is 103 Å². The van der Waals surface area contributed by atoms with Crippen LogP contribution in [0.3, 0.4) is 0 Å². The predicted molar refractivity (Wildman–Crippen MR) is 129 cm³/mol. The first-order chi connectivity index (χ1) is 15.0. The van der Waals surface area contributed by atoms with Crippen molar-refractivity contribution in [3.63, 3.8) is 0 Å². The molecule has 31 heavy (non-hydrogen) atoms. The van der Waals surface area contributed by atoms with Gasteiger partial charge >= 0.3 is 125 Å². The van der Waals surface area contributed by atoms with E-state index in [1.165, 1.54) is 96.3 Å². The molecule has 1 nitrogen and oxygen atoms in total. The average Bonchev–Trinajstić information content (AvgIpc) is 3.69. The Morgan fingerprint density at radius 3 is 1.32 bits per heavy atom. The Morgan fingerprint density at radius 1 is 0.613 bits per heavy atom. The molecule has 0 N–H and O–H groups in total. The van der Waals surface area contributed by atoms with Crippen molar-refractivity contribution >= 4 is 16.9 Å². The zero-order valence-corrected chi connectivity index (χ0v) is 21.6. The van der Waals surface area contributed by atoms with Crippen molar-refractivity contribution < 1.29 is 11.3 Å². The summed E-state index contributed by atoms with van der Waals surface area (Å²) in [5.74, 6) is 1.03. The maximum absolute atomic E-state index is 10.9. The normalized spacial score (nSPS) is 70.7. The van der Waals surface area contributed by atoms with E-state index in [0.29, 0.717) is 0 Å². The molecule has 10 saturated heterocycles. The van der Waals surface area contributed by atoms with Gasteiger partial charge in [-0.2, -0.15) is 0 Å². The Labute approximate surface area is 184 Å². The summed E-state index contributed by atoms with van der Waals surface area (Å²) >= 11 is 1.50. The topological polar surface area (TPSA) is 17.1 Å². The minimum atomic E-state index is -2.70. The first-order valence-corrected chi connectivity index (χ1v) is 21.6. The minimum absolute atomic E-state index is 0.277. The van der Waals surface area contributed by atoms with Crippen LogP contribution in [0.2, 0.25) is 47.7 Å². The Bertz CT molecular complexity index is 1120. The van der Waals surface area contributed by atoms with Crippen molar-refractivity contribution in [2.45, 2.75) is 151 Å². The van der Waals surface area contributed by atoms with Crippen molar-refractivity contribution in [3.05, 3.63) is 0 Å². The summed E-state index contributed by atoms with van der Waals surface area (Å²) in [6.07, 6.45) is 22.3. The zero-order chi connectivity index (χ0) is 20.6. The first kappa shape index (κ1) is 17.9. The van der Waals surface area contributed by atoms with E-state index in [4.69, 9.17) is 0 Å². The van der Waals surface area contributed by atoms with E-state index in [-0.39, 0.29) is 5.12 Å². The van der Waals surface area contributed by atoms with Crippen LogP contribution in [0, 0.1) is 0 Å². The monoisotopic (exact) mass is 484 g/mol. The molecule has 1 spiro atoms. The zero-order valence-electron chi connectivity index (χ0n) is 19.7. The Balaban J connectivity index is 0.585. The number of carbonyl (C=O) groups excluding carboxylic acids is 1. The van der Waals surface area contributed by atoms with E-state index in [1.54, 1.807) is 66.3 Å². The van der Waals surface area contributed by atoms with Crippen molar-refractivity contribution in [2.24, 2.45) is 0 Å². The van der Waals surface area contributed by atoms with E-state index in [0.717, 1.165) is 5.75 Å². The first-order valence-electron chi connectivity index (χ1n) is 14.3. The molecule has 0 aromatic rings. The molecule has 0 aliphatic carbocycles. The molecular weight excluding hydrogens is 440 g/mol. The second-order valence-corrected chi connectivity index (χ2v) is 40.8. The van der Waals surface area contributed by atoms with Crippen molar-refractivity contribution in [1.29, 1.82) is 0 Å². The summed E-state index contributed by atoms with van der Waals surface area (Å²) in [6.45, 7) is -1.02. The quantitative estimate of drug-likeness (QED) is 0.151. The number of carbonyl (C=O) groups is 1. The van der Waals surface area contributed by atoms with Crippen LogP contribution in [-0.4, -0.2) is 10.9 Å². The van der Waals surface area contributed by atoms with Gasteiger partial charge in [-0.3, -0.25) is 4.79 Å². The summed E-state index contributed by atoms with van der Waals surface area (Å²) in [5, 5.41) is 0.277. The molecule has 0 saturated carbocycles. The molecule has 4 unspecified atom stereocenters. The van der Waals surface area contributed by atoms with Gasteiger partial charge < -0.3 is 0 Å². The molecular formula is C28H44FeOS. The van der Waals surface area contributed by atoms with Gasteiger partial charge in [-0.25, -0.2) is 0 Å². The molecule has 10 fully saturated rings. The third-order valence-electron chi connectivity index (χ3n) is 19.2. The molecule has 3 heteroatoms. The van der Waals surface area contributed by atoms with Gasteiger partial charge in [0.05, 0.1) is 0 Å². The summed E-state index contributed by atoms with van der Waals surface area (Å²) in [6, 6.07) is 0. The summed E-state index contributed by atoms with van der Waals surface area (Å²) in [7, 11) is 0. The maximum atomic E-state index is 10.9. The molecule has 10 aliphatic rings. The van der Waals surface area contributed by atoms with Gasteiger partial charge in [0.2, 0.25) is 0 Å². The Hall–Kier alpha value is 0.539. The fraction of sp³-hybridized carbons (Fsp3) is 0.964. The van der Waals surface area contributed by atoms with Gasteiger partial charge in [0.25, 0.3) is 0 Å². The molecule has 176 valence electrons. The van der Waals surface area contributed by atoms with Crippen LogP contribution in [-0.2, 0) is 11.3 Å². The van der Waals surface area contributed by atoms with E-state index in [2.05, 4.69) is 0 Å². The van der Waals surface area contributed by atoms with Gasteiger partial charge in [0.15, 0.2) is 5.12 Å². The van der Waals surface area contributed by atoms with E-state index >= 15 is 0 Å². The summed E-state index contributed by atoms with van der Waals surface area (Å²) < 4.78 is 1.21. The molecule has 10 aliphatic heterocycles. The van der Waals surface area contributed by atoms with Crippen LogP contribution < -0.4 is 0 Å². The Morgan fingerprint density at radius 2 is 1.00 bits per heavy atom. The second-order valence-electron chi connectivity index (χ2n) is 15.9. The van der Waals surface area contributed by atoms with E-state index in [1.807, 2.05) is 0 Å². The number of unbranched alkanes of at least 4 members (excludes halogenated alkanes) is 13. The van der Waals surface area contributed by atoms with Crippen LogP contribution in [0.4, 0.5) is 0 Å². The van der Waals surface area contributed by atoms with Gasteiger partial charge in [-0.05, 0) is 6.42 Å². The molecule has 0 aromatic heterocycles. The standard InChI is InChI=1S/C23H39OS.C5H5.Fe/c1-22(24)25-21-17-13-11-9-7-5-3-2-4-6-8-10-12-14-18-23-19-15-16-20-23;1-2-4-5-3-1;/h15-16,19-20H,2-14,17-18,21H2,1H3;1-5H;. The van der Waals surface area contributed by atoms with Crippen molar-refractivity contribution in [1.82, 2.24) is 0 Å². The van der Waals surface area contributed by atoms with Crippen LogP contribution >= 0.6 is 11.8 Å². The van der Waals surface area contributed by atoms with Crippen molar-refractivity contribution in [3.8, 4) is 0 Å². The number of hydrogen-bond donors (Lipinski definition) is 0. The van der Waals surface area contributed by atoms with Crippen molar-refractivity contribution in [2.75, 3.05) is 5.75 Å². The van der Waals surface area contributed by atoms with Gasteiger partial charge in [0, 0.05) is 12.7 Å². The average molecular weight is 485 g/mol. The SMILES string of the molecule is CC(=O)SCCCCCCCCCCCCCCCC[C]12[CH]3[CH]4[CH]5[CH]1[Fe]45321678[CH]2[CH]1[CH]6[CH]7[CH]28. The van der Waals surface area contributed by atoms with Crippen LogP contribution in [0.15, 0.2) is 0 Å². The predicted octanol–water partition coefficient (Wildman–Crippen LogP) is 9.88.